The Kier molecular flexibility index (Phi) is 7.01. The molecule has 0 radical (unpaired) electrons. The van der Waals surface area contributed by atoms with Gasteiger partial charge in [0.25, 0.3) is 0 Å². The summed E-state index contributed by atoms with van der Waals surface area (Å²) in [6.07, 6.45) is 1.69. The third-order valence-electron chi connectivity index (χ3n) is 3.49. The summed E-state index contributed by atoms with van der Waals surface area (Å²) in [7, 11) is 1.87. The van der Waals surface area contributed by atoms with Crippen molar-refractivity contribution in [2.24, 2.45) is 5.92 Å². The zero-order valence-corrected chi connectivity index (χ0v) is 14.8. The first-order valence-corrected chi connectivity index (χ1v) is 9.86. The first-order chi connectivity index (χ1) is 9.73. The summed E-state index contributed by atoms with van der Waals surface area (Å²) in [6.45, 7) is 8.66. The average Bonchev–Trinajstić information content (AvgIpc) is 2.35. The van der Waals surface area contributed by atoms with Gasteiger partial charge in [-0.25, -0.2) is 8.42 Å². The van der Waals surface area contributed by atoms with Gasteiger partial charge in [-0.1, -0.05) is 39.3 Å². The highest BCUT2D eigenvalue weighted by Gasteiger charge is 2.18. The van der Waals surface area contributed by atoms with E-state index in [4.69, 9.17) is 15.4 Å². The molecule has 1 aromatic carbocycles. The number of hydrogen-bond donors (Lipinski definition) is 0. The van der Waals surface area contributed by atoms with E-state index in [1.165, 1.54) is 5.56 Å². The molecule has 0 fully saturated rings. The van der Waals surface area contributed by atoms with Crippen LogP contribution in [-0.2, 0) is 9.05 Å². The Morgan fingerprint density at radius 3 is 2.48 bits per heavy atom. The molecule has 0 N–H and O–H groups in total. The highest BCUT2D eigenvalue weighted by atomic mass is 35.7. The van der Waals surface area contributed by atoms with Crippen molar-refractivity contribution < 1.29 is 13.2 Å². The van der Waals surface area contributed by atoms with Gasteiger partial charge in [0.2, 0.25) is 9.05 Å². The van der Waals surface area contributed by atoms with Crippen molar-refractivity contribution in [2.45, 2.75) is 46.5 Å². The third-order valence-corrected chi connectivity index (χ3v) is 4.73. The highest BCUT2D eigenvalue weighted by molar-refractivity contribution is 8.13. The van der Waals surface area contributed by atoms with E-state index in [1.807, 2.05) is 26.0 Å². The van der Waals surface area contributed by atoms with Crippen molar-refractivity contribution in [1.82, 2.24) is 0 Å². The Labute approximate surface area is 133 Å². The minimum atomic E-state index is -3.49. The van der Waals surface area contributed by atoms with Crippen molar-refractivity contribution in [2.75, 3.05) is 12.4 Å². The second kappa shape index (κ2) is 8.04. The van der Waals surface area contributed by atoms with Gasteiger partial charge in [0.1, 0.15) is 5.75 Å². The fourth-order valence-electron chi connectivity index (χ4n) is 2.24. The molecule has 0 heterocycles. The summed E-state index contributed by atoms with van der Waals surface area (Å²) in [4.78, 5) is 0. The summed E-state index contributed by atoms with van der Waals surface area (Å²) in [5.41, 5.74) is 2.27. The molecule has 5 heteroatoms. The fourth-order valence-corrected chi connectivity index (χ4v) is 3.60. The predicted octanol–water partition coefficient (Wildman–Crippen LogP) is 4.48. The van der Waals surface area contributed by atoms with Crippen LogP contribution in [0.15, 0.2) is 18.2 Å². The first kappa shape index (κ1) is 18.3. The van der Waals surface area contributed by atoms with E-state index in [0.717, 1.165) is 24.2 Å². The maximum Gasteiger partial charge on any atom is 0.232 e. The minimum Gasteiger partial charge on any atom is -0.493 e. The summed E-state index contributed by atoms with van der Waals surface area (Å²) in [5.74, 6) is 1.15. The van der Waals surface area contributed by atoms with Crippen molar-refractivity contribution >= 4 is 19.7 Å². The minimum absolute atomic E-state index is 0.0364. The van der Waals surface area contributed by atoms with Crippen molar-refractivity contribution in [3.63, 3.8) is 0 Å². The van der Waals surface area contributed by atoms with Crippen LogP contribution in [0, 0.1) is 12.8 Å². The normalized spacial score (nSPS) is 13.4. The number of rotatable bonds is 8. The molecule has 0 aliphatic heterocycles. The standard InChI is InChI=1S/C16H25ClO3S/c1-5-6-14(11-21(17,18)19)10-20-16-9-15(12(2)3)8-7-13(16)4/h7-9,12,14H,5-6,10-11H2,1-4H3. The van der Waals surface area contributed by atoms with Gasteiger partial charge in [-0.2, -0.15) is 0 Å². The summed E-state index contributed by atoms with van der Waals surface area (Å²) < 4.78 is 28.4. The Morgan fingerprint density at radius 2 is 1.95 bits per heavy atom. The predicted molar refractivity (Wildman–Crippen MR) is 88.8 cm³/mol. The summed E-state index contributed by atoms with van der Waals surface area (Å²) in [5, 5.41) is 0. The molecule has 0 saturated heterocycles. The first-order valence-electron chi connectivity index (χ1n) is 7.38. The molecule has 21 heavy (non-hydrogen) atoms. The number of halogens is 1. The van der Waals surface area contributed by atoms with Gasteiger partial charge in [0.05, 0.1) is 12.4 Å². The number of ether oxygens (including phenoxy) is 1. The molecule has 0 aromatic heterocycles. The smallest absolute Gasteiger partial charge is 0.232 e. The zero-order valence-electron chi connectivity index (χ0n) is 13.2. The van der Waals surface area contributed by atoms with Gasteiger partial charge < -0.3 is 4.74 Å². The van der Waals surface area contributed by atoms with Gasteiger partial charge in [0, 0.05) is 16.6 Å². The van der Waals surface area contributed by atoms with Crippen LogP contribution in [0.1, 0.15) is 50.7 Å². The van der Waals surface area contributed by atoms with Crippen molar-refractivity contribution in [1.29, 1.82) is 0 Å². The van der Waals surface area contributed by atoms with Crippen LogP contribution in [-0.4, -0.2) is 20.8 Å². The Balaban J connectivity index is 2.77. The monoisotopic (exact) mass is 332 g/mol. The molecule has 0 aliphatic carbocycles. The second-order valence-corrected chi connectivity index (χ2v) is 8.67. The number of aryl methyl sites for hydroxylation is 1. The van der Waals surface area contributed by atoms with E-state index >= 15 is 0 Å². The van der Waals surface area contributed by atoms with Crippen LogP contribution in [0.3, 0.4) is 0 Å². The lowest BCUT2D eigenvalue weighted by atomic mass is 10.0. The largest absolute Gasteiger partial charge is 0.493 e. The second-order valence-electron chi connectivity index (χ2n) is 5.85. The van der Waals surface area contributed by atoms with E-state index in [0.29, 0.717) is 12.5 Å². The van der Waals surface area contributed by atoms with Crippen LogP contribution in [0.4, 0.5) is 0 Å². The van der Waals surface area contributed by atoms with Gasteiger partial charge in [-0.15, -0.1) is 0 Å². The quantitative estimate of drug-likeness (QED) is 0.659. The van der Waals surface area contributed by atoms with Gasteiger partial charge >= 0.3 is 0 Å². The lowest BCUT2D eigenvalue weighted by molar-refractivity contribution is 0.251. The zero-order chi connectivity index (χ0) is 16.0. The lowest BCUT2D eigenvalue weighted by Gasteiger charge is -2.18. The van der Waals surface area contributed by atoms with E-state index in [2.05, 4.69) is 19.9 Å². The third kappa shape index (κ3) is 6.70. The molecular weight excluding hydrogens is 308 g/mol. The van der Waals surface area contributed by atoms with Crippen molar-refractivity contribution in [3.05, 3.63) is 29.3 Å². The Hall–Kier alpha value is -0.740. The lowest BCUT2D eigenvalue weighted by Crippen LogP contribution is -2.20. The maximum atomic E-state index is 11.2. The van der Waals surface area contributed by atoms with Crippen LogP contribution in [0.25, 0.3) is 0 Å². The molecule has 0 saturated carbocycles. The number of benzene rings is 1. The molecule has 0 amide bonds. The van der Waals surface area contributed by atoms with E-state index in [1.54, 1.807) is 0 Å². The van der Waals surface area contributed by atoms with Crippen LogP contribution < -0.4 is 4.74 Å². The van der Waals surface area contributed by atoms with E-state index in [-0.39, 0.29) is 11.7 Å². The van der Waals surface area contributed by atoms with Crippen LogP contribution in [0.2, 0.25) is 0 Å². The fraction of sp³-hybridized carbons (Fsp3) is 0.625. The molecule has 1 atom stereocenters. The topological polar surface area (TPSA) is 43.4 Å². The van der Waals surface area contributed by atoms with Gasteiger partial charge in [0.15, 0.2) is 0 Å². The van der Waals surface area contributed by atoms with Gasteiger partial charge in [-0.3, -0.25) is 0 Å². The van der Waals surface area contributed by atoms with Crippen molar-refractivity contribution in [3.8, 4) is 5.75 Å². The molecule has 0 aliphatic rings. The van der Waals surface area contributed by atoms with Crippen LogP contribution in [0.5, 0.6) is 5.75 Å². The molecule has 1 unspecified atom stereocenters. The molecule has 0 spiro atoms. The van der Waals surface area contributed by atoms with E-state index < -0.39 is 9.05 Å². The molecule has 3 nitrogen and oxygen atoms in total. The maximum absolute atomic E-state index is 11.2. The van der Waals surface area contributed by atoms with Crippen LogP contribution >= 0.6 is 10.7 Å². The van der Waals surface area contributed by atoms with Gasteiger partial charge in [-0.05, 0) is 36.5 Å². The Bertz CT molecular complexity index is 553. The average molecular weight is 333 g/mol. The summed E-state index contributed by atoms with van der Waals surface area (Å²) in [6, 6.07) is 6.18. The SMILES string of the molecule is CCCC(COc1cc(C(C)C)ccc1C)CS(=O)(=O)Cl. The highest BCUT2D eigenvalue weighted by Crippen LogP contribution is 2.25. The number of hydrogen-bond acceptors (Lipinski definition) is 3. The summed E-state index contributed by atoms with van der Waals surface area (Å²) >= 11 is 0. The molecule has 120 valence electrons. The molecule has 1 aromatic rings. The molecular formula is C16H25ClO3S. The Morgan fingerprint density at radius 1 is 1.29 bits per heavy atom. The van der Waals surface area contributed by atoms with E-state index in [9.17, 15) is 8.42 Å². The molecule has 0 bridgehead atoms. The molecule has 1 rings (SSSR count).